The van der Waals surface area contributed by atoms with Crippen molar-refractivity contribution in [2.75, 3.05) is 6.54 Å². The van der Waals surface area contributed by atoms with Crippen molar-refractivity contribution < 1.29 is 0 Å². The first kappa shape index (κ1) is 15.1. The van der Waals surface area contributed by atoms with E-state index >= 15 is 0 Å². The molecule has 2 saturated carbocycles. The molecular formula is C20H31N. The molecule has 0 radical (unpaired) electrons. The molecule has 0 amide bonds. The SMILES string of the molecule is CCNC(CCC1CCCCC1)C1CC1c1ccccc1. The largest absolute Gasteiger partial charge is 0.314 e. The van der Waals surface area contributed by atoms with E-state index in [0.29, 0.717) is 0 Å². The van der Waals surface area contributed by atoms with Crippen LogP contribution in [0.2, 0.25) is 0 Å². The maximum atomic E-state index is 3.78. The Hall–Kier alpha value is -0.820. The zero-order valence-corrected chi connectivity index (χ0v) is 13.6. The normalized spacial score (nSPS) is 27.5. The van der Waals surface area contributed by atoms with Gasteiger partial charge in [-0.15, -0.1) is 0 Å². The van der Waals surface area contributed by atoms with Crippen LogP contribution in [0.1, 0.15) is 69.8 Å². The van der Waals surface area contributed by atoms with Crippen molar-refractivity contribution in [2.45, 2.75) is 70.3 Å². The van der Waals surface area contributed by atoms with E-state index < -0.39 is 0 Å². The summed E-state index contributed by atoms with van der Waals surface area (Å²) in [5.41, 5.74) is 1.56. The lowest BCUT2D eigenvalue weighted by Crippen LogP contribution is -2.32. The van der Waals surface area contributed by atoms with Crippen LogP contribution in [0.4, 0.5) is 0 Å². The predicted octanol–water partition coefficient (Wildman–Crippen LogP) is 5.13. The topological polar surface area (TPSA) is 12.0 Å². The molecule has 0 bridgehead atoms. The van der Waals surface area contributed by atoms with Gasteiger partial charge in [0.2, 0.25) is 0 Å². The maximum absolute atomic E-state index is 3.78. The molecule has 2 fully saturated rings. The summed E-state index contributed by atoms with van der Waals surface area (Å²) >= 11 is 0. The van der Waals surface area contributed by atoms with Crippen LogP contribution in [0, 0.1) is 11.8 Å². The maximum Gasteiger partial charge on any atom is 0.0101 e. The summed E-state index contributed by atoms with van der Waals surface area (Å²) in [6.45, 7) is 3.38. The molecule has 0 heterocycles. The molecule has 1 nitrogen and oxygen atoms in total. The van der Waals surface area contributed by atoms with Gasteiger partial charge in [-0.3, -0.25) is 0 Å². The lowest BCUT2D eigenvalue weighted by Gasteiger charge is -2.25. The van der Waals surface area contributed by atoms with Crippen molar-refractivity contribution in [3.63, 3.8) is 0 Å². The Labute approximate surface area is 130 Å². The fourth-order valence-corrected chi connectivity index (χ4v) is 4.36. The van der Waals surface area contributed by atoms with Gasteiger partial charge >= 0.3 is 0 Å². The van der Waals surface area contributed by atoms with E-state index in [-0.39, 0.29) is 0 Å². The number of rotatable bonds is 7. The number of hydrogen-bond acceptors (Lipinski definition) is 1. The van der Waals surface area contributed by atoms with Crippen molar-refractivity contribution in [3.05, 3.63) is 35.9 Å². The zero-order valence-electron chi connectivity index (χ0n) is 13.6. The van der Waals surface area contributed by atoms with Gasteiger partial charge in [0.15, 0.2) is 0 Å². The third-order valence-corrected chi connectivity index (χ3v) is 5.66. The Morgan fingerprint density at radius 2 is 1.86 bits per heavy atom. The molecule has 2 aliphatic rings. The average molecular weight is 285 g/mol. The minimum absolute atomic E-state index is 0.752. The van der Waals surface area contributed by atoms with Gasteiger partial charge in [-0.2, -0.15) is 0 Å². The third-order valence-electron chi connectivity index (χ3n) is 5.66. The van der Waals surface area contributed by atoms with E-state index in [1.54, 1.807) is 5.56 Å². The first-order valence-electron chi connectivity index (χ1n) is 9.16. The molecule has 116 valence electrons. The van der Waals surface area contributed by atoms with E-state index in [4.69, 9.17) is 0 Å². The molecule has 0 aliphatic heterocycles. The highest BCUT2D eigenvalue weighted by Gasteiger charge is 2.43. The zero-order chi connectivity index (χ0) is 14.5. The summed E-state index contributed by atoms with van der Waals surface area (Å²) in [7, 11) is 0. The monoisotopic (exact) mass is 285 g/mol. The summed E-state index contributed by atoms with van der Waals surface area (Å²) in [6, 6.07) is 11.9. The Morgan fingerprint density at radius 1 is 1.10 bits per heavy atom. The van der Waals surface area contributed by atoms with E-state index in [1.807, 2.05) is 0 Å². The highest BCUT2D eigenvalue weighted by atomic mass is 14.9. The second-order valence-corrected chi connectivity index (χ2v) is 7.16. The molecule has 3 atom stereocenters. The van der Waals surface area contributed by atoms with E-state index in [1.165, 1.54) is 51.4 Å². The van der Waals surface area contributed by atoms with Gasteiger partial charge in [-0.25, -0.2) is 0 Å². The smallest absolute Gasteiger partial charge is 0.0101 e. The van der Waals surface area contributed by atoms with Gasteiger partial charge in [-0.05, 0) is 49.1 Å². The first-order valence-corrected chi connectivity index (χ1v) is 9.16. The van der Waals surface area contributed by atoms with Crippen molar-refractivity contribution in [1.82, 2.24) is 5.32 Å². The lowest BCUT2D eigenvalue weighted by atomic mass is 9.84. The van der Waals surface area contributed by atoms with Crippen LogP contribution in [-0.2, 0) is 0 Å². The van der Waals surface area contributed by atoms with Crippen LogP contribution >= 0.6 is 0 Å². The highest BCUT2D eigenvalue weighted by molar-refractivity contribution is 5.26. The lowest BCUT2D eigenvalue weighted by molar-refractivity contribution is 0.305. The van der Waals surface area contributed by atoms with Crippen LogP contribution < -0.4 is 5.32 Å². The summed E-state index contributed by atoms with van der Waals surface area (Å²) in [4.78, 5) is 0. The highest BCUT2D eigenvalue weighted by Crippen LogP contribution is 2.50. The molecule has 0 aromatic heterocycles. The van der Waals surface area contributed by atoms with Crippen LogP contribution in [0.15, 0.2) is 30.3 Å². The molecule has 1 N–H and O–H groups in total. The van der Waals surface area contributed by atoms with Crippen molar-refractivity contribution >= 4 is 0 Å². The summed E-state index contributed by atoms with van der Waals surface area (Å²) in [6.07, 6.45) is 11.7. The van der Waals surface area contributed by atoms with Crippen molar-refractivity contribution in [3.8, 4) is 0 Å². The van der Waals surface area contributed by atoms with Crippen LogP contribution in [0.5, 0.6) is 0 Å². The van der Waals surface area contributed by atoms with Gasteiger partial charge in [-0.1, -0.05) is 69.4 Å². The average Bonchev–Trinajstić information content (AvgIpc) is 3.34. The Balaban J connectivity index is 1.50. The molecular weight excluding hydrogens is 254 g/mol. The molecule has 1 heteroatoms. The summed E-state index contributed by atoms with van der Waals surface area (Å²) in [5, 5.41) is 3.78. The van der Waals surface area contributed by atoms with Crippen molar-refractivity contribution in [2.24, 2.45) is 11.8 Å². The summed E-state index contributed by atoms with van der Waals surface area (Å²) in [5.74, 6) is 2.73. The second-order valence-electron chi connectivity index (χ2n) is 7.16. The minimum Gasteiger partial charge on any atom is -0.314 e. The minimum atomic E-state index is 0.752. The molecule has 0 saturated heterocycles. The van der Waals surface area contributed by atoms with E-state index in [0.717, 1.165) is 30.3 Å². The fraction of sp³-hybridized carbons (Fsp3) is 0.700. The molecule has 21 heavy (non-hydrogen) atoms. The van der Waals surface area contributed by atoms with Gasteiger partial charge in [0.05, 0.1) is 0 Å². The first-order chi connectivity index (χ1) is 10.4. The number of nitrogens with one attached hydrogen (secondary N) is 1. The Morgan fingerprint density at radius 3 is 2.57 bits per heavy atom. The van der Waals surface area contributed by atoms with Crippen LogP contribution in [0.25, 0.3) is 0 Å². The van der Waals surface area contributed by atoms with Crippen LogP contribution in [-0.4, -0.2) is 12.6 Å². The van der Waals surface area contributed by atoms with Gasteiger partial charge in [0, 0.05) is 6.04 Å². The van der Waals surface area contributed by atoms with Gasteiger partial charge < -0.3 is 5.32 Å². The van der Waals surface area contributed by atoms with E-state index in [9.17, 15) is 0 Å². The van der Waals surface area contributed by atoms with Crippen LogP contribution in [0.3, 0.4) is 0 Å². The molecule has 1 aromatic rings. The molecule has 1 aromatic carbocycles. The van der Waals surface area contributed by atoms with Gasteiger partial charge in [0.25, 0.3) is 0 Å². The van der Waals surface area contributed by atoms with Gasteiger partial charge in [0.1, 0.15) is 0 Å². The number of hydrogen-bond donors (Lipinski definition) is 1. The Kier molecular flexibility index (Phi) is 5.35. The standard InChI is InChI=1S/C20H31N/c1-2-21-20(14-13-16-9-5-3-6-10-16)19-15-18(19)17-11-7-4-8-12-17/h4,7-8,11-12,16,18-21H,2-3,5-6,9-10,13-15H2,1H3. The van der Waals surface area contributed by atoms with Crippen molar-refractivity contribution in [1.29, 1.82) is 0 Å². The third kappa shape index (κ3) is 4.10. The second kappa shape index (κ2) is 7.45. The Bertz CT molecular complexity index is 407. The molecule has 0 spiro atoms. The fourth-order valence-electron chi connectivity index (χ4n) is 4.36. The number of benzene rings is 1. The molecule has 2 aliphatic carbocycles. The molecule has 3 unspecified atom stereocenters. The summed E-state index contributed by atoms with van der Waals surface area (Å²) < 4.78 is 0. The quantitative estimate of drug-likeness (QED) is 0.732. The molecule has 3 rings (SSSR count). The predicted molar refractivity (Wildman–Crippen MR) is 90.6 cm³/mol. The van der Waals surface area contributed by atoms with E-state index in [2.05, 4.69) is 42.6 Å².